The summed E-state index contributed by atoms with van der Waals surface area (Å²) in [5.41, 5.74) is 1.28. The Morgan fingerprint density at radius 2 is 2.00 bits per heavy atom. The molecule has 0 spiro atoms. The number of anilines is 2. The number of aliphatic hydroxyl groups excluding tert-OH is 1. The number of hydrogen-bond acceptors (Lipinski definition) is 4. The Labute approximate surface area is 197 Å². The van der Waals surface area contributed by atoms with E-state index in [2.05, 4.69) is 10.6 Å². The van der Waals surface area contributed by atoms with Gasteiger partial charge in [-0.1, -0.05) is 29.3 Å². The second-order valence-electron chi connectivity index (χ2n) is 8.39. The van der Waals surface area contributed by atoms with E-state index >= 15 is 0 Å². The molecule has 0 aromatic heterocycles. The minimum Gasteiger partial charge on any atom is -0.395 e. The molecule has 1 amide bonds. The molecule has 0 aliphatic carbocycles. The number of aliphatic hydroxyl groups is 1. The molecule has 1 atom stereocenters. The van der Waals surface area contributed by atoms with Crippen molar-refractivity contribution < 1.29 is 14.3 Å². The fraction of sp³-hybridized carbons (Fsp3) is 0.409. The smallest absolute Gasteiger partial charge is 0.237 e. The number of nitrogens with one attached hydrogen (secondary N) is 2. The van der Waals surface area contributed by atoms with Crippen molar-refractivity contribution in [3.8, 4) is 0 Å². The summed E-state index contributed by atoms with van der Waals surface area (Å²) in [6.45, 7) is 5.02. The van der Waals surface area contributed by atoms with Crippen LogP contribution in [-0.2, 0) is 15.7 Å². The Bertz CT molecular complexity index is 1010. The molecule has 9 heteroatoms. The van der Waals surface area contributed by atoms with Gasteiger partial charge in [-0.15, -0.1) is 12.4 Å². The normalized spacial score (nSPS) is 21.7. The van der Waals surface area contributed by atoms with Crippen molar-refractivity contribution in [2.45, 2.75) is 31.2 Å². The molecular weight excluding hydrogens is 464 g/mol. The van der Waals surface area contributed by atoms with Gasteiger partial charge >= 0.3 is 0 Å². The molecule has 0 radical (unpaired) electrons. The summed E-state index contributed by atoms with van der Waals surface area (Å²) in [5, 5.41) is 16.7. The van der Waals surface area contributed by atoms with Gasteiger partial charge in [0, 0.05) is 24.3 Å². The topological polar surface area (TPSA) is 64.6 Å². The molecule has 4 rings (SSSR count). The molecule has 2 aromatic rings. The second kappa shape index (κ2) is 8.75. The highest BCUT2D eigenvalue weighted by molar-refractivity contribution is 6.42. The lowest BCUT2D eigenvalue weighted by Crippen LogP contribution is -2.39. The third-order valence-electron chi connectivity index (χ3n) is 6.13. The van der Waals surface area contributed by atoms with Crippen molar-refractivity contribution in [2.24, 2.45) is 0 Å². The molecule has 168 valence electrons. The van der Waals surface area contributed by atoms with Crippen LogP contribution in [0.1, 0.15) is 31.4 Å². The molecule has 31 heavy (non-hydrogen) atoms. The average Bonchev–Trinajstić information content (AvgIpc) is 3.23. The zero-order valence-corrected chi connectivity index (χ0v) is 19.6. The molecule has 2 heterocycles. The van der Waals surface area contributed by atoms with Gasteiger partial charge in [-0.2, -0.15) is 0 Å². The second-order valence-corrected chi connectivity index (χ2v) is 9.17. The third kappa shape index (κ3) is 3.89. The van der Waals surface area contributed by atoms with Crippen molar-refractivity contribution in [3.63, 3.8) is 0 Å². The summed E-state index contributed by atoms with van der Waals surface area (Å²) in [7, 11) is 0. The van der Waals surface area contributed by atoms with Crippen LogP contribution in [0.4, 0.5) is 15.8 Å². The first kappa shape index (κ1) is 24.1. The molecule has 1 saturated heterocycles. The SMILES string of the molecule is CC1(C)C(=O)N(CCO)c2cc(NC3(c4c(F)ccc(Cl)c4Cl)CCNC3)ccc21.Cl. The number of rotatable bonds is 5. The van der Waals surface area contributed by atoms with Gasteiger partial charge in [0.15, 0.2) is 0 Å². The molecule has 2 aliphatic rings. The van der Waals surface area contributed by atoms with Crippen LogP contribution in [0.15, 0.2) is 30.3 Å². The van der Waals surface area contributed by atoms with Gasteiger partial charge in [0.1, 0.15) is 5.82 Å². The standard InChI is InChI=1S/C22H24Cl2FN3O2.ClH/c1-21(2)14-4-3-13(11-17(14)28(9-10-29)20(21)30)27-22(7-8-26-12-22)18-16(25)6-5-15(23)19(18)24;/h3-6,11,26-27,29H,7-10,12H2,1-2H3;1H. The van der Waals surface area contributed by atoms with E-state index in [0.717, 1.165) is 16.9 Å². The number of carbonyl (C=O) groups is 1. The molecule has 3 N–H and O–H groups in total. The first-order chi connectivity index (χ1) is 14.2. The predicted octanol–water partition coefficient (Wildman–Crippen LogP) is 4.47. The molecule has 5 nitrogen and oxygen atoms in total. The summed E-state index contributed by atoms with van der Waals surface area (Å²) in [4.78, 5) is 14.4. The number of benzene rings is 2. The van der Waals surface area contributed by atoms with Crippen LogP contribution in [0.5, 0.6) is 0 Å². The monoisotopic (exact) mass is 487 g/mol. The fourth-order valence-electron chi connectivity index (χ4n) is 4.56. The zero-order valence-electron chi connectivity index (χ0n) is 17.3. The Morgan fingerprint density at radius 1 is 1.26 bits per heavy atom. The van der Waals surface area contributed by atoms with Crippen LogP contribution in [0, 0.1) is 5.82 Å². The molecule has 2 aliphatic heterocycles. The van der Waals surface area contributed by atoms with Gasteiger partial charge in [0.05, 0.1) is 33.3 Å². The van der Waals surface area contributed by atoms with E-state index in [1.165, 1.54) is 12.1 Å². The maximum absolute atomic E-state index is 14.9. The predicted molar refractivity (Wildman–Crippen MR) is 125 cm³/mol. The first-order valence-electron chi connectivity index (χ1n) is 9.91. The minimum atomic E-state index is -0.778. The quantitative estimate of drug-likeness (QED) is 0.543. The van der Waals surface area contributed by atoms with Crippen molar-refractivity contribution in [1.29, 1.82) is 0 Å². The summed E-state index contributed by atoms with van der Waals surface area (Å²) in [5.74, 6) is -0.468. The highest BCUT2D eigenvalue weighted by Gasteiger charge is 2.44. The number of amides is 1. The van der Waals surface area contributed by atoms with Crippen molar-refractivity contribution in [3.05, 3.63) is 57.3 Å². The van der Waals surface area contributed by atoms with Crippen molar-refractivity contribution >= 4 is 52.9 Å². The lowest BCUT2D eigenvalue weighted by atomic mass is 9.85. The number of halogens is 4. The molecule has 0 saturated carbocycles. The molecule has 1 fully saturated rings. The van der Waals surface area contributed by atoms with Crippen LogP contribution in [0.3, 0.4) is 0 Å². The average molecular weight is 489 g/mol. The Kier molecular flexibility index (Phi) is 6.80. The number of nitrogens with zero attached hydrogens (tertiary/aromatic N) is 1. The van der Waals surface area contributed by atoms with Crippen LogP contribution in [-0.4, -0.2) is 37.3 Å². The fourth-order valence-corrected chi connectivity index (χ4v) is 5.05. The number of β-amino-alcohol motifs (C(OH)–C–C–N with tert-alkyl or cyclic N) is 1. The molecule has 0 bridgehead atoms. The maximum atomic E-state index is 14.9. The van der Waals surface area contributed by atoms with Gasteiger partial charge in [-0.25, -0.2) is 4.39 Å². The van der Waals surface area contributed by atoms with E-state index in [-0.39, 0.29) is 36.5 Å². The zero-order chi connectivity index (χ0) is 21.7. The van der Waals surface area contributed by atoms with E-state index in [1.54, 1.807) is 4.90 Å². The first-order valence-corrected chi connectivity index (χ1v) is 10.7. The minimum absolute atomic E-state index is 0. The van der Waals surface area contributed by atoms with Crippen LogP contribution >= 0.6 is 35.6 Å². The lowest BCUT2D eigenvalue weighted by molar-refractivity contribution is -0.122. The van der Waals surface area contributed by atoms with Crippen LogP contribution < -0.4 is 15.5 Å². The Morgan fingerprint density at radius 3 is 2.65 bits per heavy atom. The van der Waals surface area contributed by atoms with E-state index < -0.39 is 16.8 Å². The number of fused-ring (bicyclic) bond motifs is 1. The van der Waals surface area contributed by atoms with Gasteiger partial charge in [0.25, 0.3) is 0 Å². The lowest BCUT2D eigenvalue weighted by Gasteiger charge is -2.33. The number of carbonyl (C=O) groups excluding carboxylic acids is 1. The maximum Gasteiger partial charge on any atom is 0.237 e. The molecular formula is C22H25Cl3FN3O2. The highest BCUT2D eigenvalue weighted by Crippen LogP contribution is 2.45. The summed E-state index contributed by atoms with van der Waals surface area (Å²) < 4.78 is 14.9. The van der Waals surface area contributed by atoms with E-state index in [0.29, 0.717) is 30.1 Å². The van der Waals surface area contributed by atoms with E-state index in [1.807, 2.05) is 32.0 Å². The Balaban J connectivity index is 0.00000272. The Hall–Kier alpha value is -1.57. The van der Waals surface area contributed by atoms with Gasteiger partial charge in [0.2, 0.25) is 5.91 Å². The van der Waals surface area contributed by atoms with E-state index in [4.69, 9.17) is 23.2 Å². The largest absolute Gasteiger partial charge is 0.395 e. The van der Waals surface area contributed by atoms with Crippen LogP contribution in [0.2, 0.25) is 10.0 Å². The molecule has 2 aromatic carbocycles. The molecule has 1 unspecified atom stereocenters. The van der Waals surface area contributed by atoms with Crippen LogP contribution in [0.25, 0.3) is 0 Å². The summed E-state index contributed by atoms with van der Waals surface area (Å²) >= 11 is 12.6. The summed E-state index contributed by atoms with van der Waals surface area (Å²) in [6.07, 6.45) is 0.617. The van der Waals surface area contributed by atoms with Crippen molar-refractivity contribution in [1.82, 2.24) is 5.32 Å². The van der Waals surface area contributed by atoms with Crippen molar-refractivity contribution in [2.75, 3.05) is 36.5 Å². The highest BCUT2D eigenvalue weighted by atomic mass is 35.5. The van der Waals surface area contributed by atoms with E-state index in [9.17, 15) is 14.3 Å². The third-order valence-corrected chi connectivity index (χ3v) is 6.93. The van der Waals surface area contributed by atoms with Gasteiger partial charge in [-0.05, 0) is 56.6 Å². The number of hydrogen-bond donors (Lipinski definition) is 3. The van der Waals surface area contributed by atoms with Gasteiger partial charge in [-0.3, -0.25) is 4.79 Å². The summed E-state index contributed by atoms with van der Waals surface area (Å²) in [6, 6.07) is 8.48. The van der Waals surface area contributed by atoms with Gasteiger partial charge < -0.3 is 20.6 Å².